The summed E-state index contributed by atoms with van der Waals surface area (Å²) in [7, 11) is 3.49. The number of rotatable bonds is 7. The second-order valence-electron chi connectivity index (χ2n) is 8.33. The lowest BCUT2D eigenvalue weighted by atomic mass is 9.99. The van der Waals surface area contributed by atoms with Crippen LogP contribution in [0.15, 0.2) is 59.4 Å². The summed E-state index contributed by atoms with van der Waals surface area (Å²) in [6, 6.07) is 17.3. The smallest absolute Gasteiger partial charge is 0.279 e. The molecule has 0 unspecified atom stereocenters. The van der Waals surface area contributed by atoms with Gasteiger partial charge in [-0.05, 0) is 38.5 Å². The first-order valence-corrected chi connectivity index (χ1v) is 11.3. The minimum absolute atomic E-state index is 0.183. The van der Waals surface area contributed by atoms with Crippen molar-refractivity contribution in [2.45, 2.75) is 33.7 Å². The van der Waals surface area contributed by atoms with Gasteiger partial charge in [0.2, 0.25) is 0 Å². The topological polar surface area (TPSA) is 84.2 Å². The summed E-state index contributed by atoms with van der Waals surface area (Å²) in [5.74, 6) is 0.219. The fraction of sp³-hybridized carbons (Fsp3) is 0.259. The van der Waals surface area contributed by atoms with Gasteiger partial charge in [-0.1, -0.05) is 43.3 Å². The summed E-state index contributed by atoms with van der Waals surface area (Å²) in [4.78, 5) is 26.5. The van der Waals surface area contributed by atoms with Crippen molar-refractivity contribution in [3.8, 4) is 22.6 Å². The highest BCUT2D eigenvalue weighted by Crippen LogP contribution is 2.35. The van der Waals surface area contributed by atoms with Crippen LogP contribution in [0.3, 0.4) is 0 Å². The number of carbonyl (C=O) groups is 1. The number of nitrogens with two attached hydrogens (primary N) is 1. The average molecular weight is 459 g/mol. The number of amides is 1. The first kappa shape index (κ1) is 23.2. The third-order valence-electron chi connectivity index (χ3n) is 6.54. The molecule has 2 aromatic heterocycles. The first-order valence-electron chi connectivity index (χ1n) is 11.3. The van der Waals surface area contributed by atoms with Crippen LogP contribution < -0.4 is 16.0 Å². The number of carbonyl (C=O) groups excluding carboxylic acids is 1. The summed E-state index contributed by atoms with van der Waals surface area (Å²) in [6.07, 6.45) is 0.623. The van der Waals surface area contributed by atoms with E-state index in [-0.39, 0.29) is 5.56 Å². The zero-order valence-electron chi connectivity index (χ0n) is 20.3. The lowest BCUT2D eigenvalue weighted by Gasteiger charge is -2.14. The van der Waals surface area contributed by atoms with Crippen LogP contribution in [-0.2, 0) is 20.0 Å². The molecule has 0 bridgehead atoms. The predicted octanol–water partition coefficient (Wildman–Crippen LogP) is 3.98. The van der Waals surface area contributed by atoms with Crippen LogP contribution in [0.2, 0.25) is 0 Å². The van der Waals surface area contributed by atoms with Crippen LogP contribution in [0.25, 0.3) is 16.8 Å². The lowest BCUT2D eigenvalue weighted by molar-refractivity contribution is 0.1000. The van der Waals surface area contributed by atoms with Gasteiger partial charge in [-0.15, -0.1) is 0 Å². The Kier molecular flexibility index (Phi) is 6.20. The fourth-order valence-corrected chi connectivity index (χ4v) is 4.81. The van der Waals surface area contributed by atoms with Crippen LogP contribution in [0, 0.1) is 13.8 Å². The van der Waals surface area contributed by atoms with Gasteiger partial charge in [-0.25, -0.2) is 4.68 Å². The molecule has 1 amide bonds. The van der Waals surface area contributed by atoms with Gasteiger partial charge in [0.1, 0.15) is 5.75 Å². The Balaban J connectivity index is 2.01. The Morgan fingerprint density at radius 1 is 0.971 bits per heavy atom. The maximum Gasteiger partial charge on any atom is 0.279 e. The standard InChI is InChI=1S/C27H30N4O3/c1-6-21-25(24-17(2)29(4)31(27(24)33)20-13-8-7-9-14-20)23(26(28)32)18(3)30(21)16-19-12-10-11-15-22(19)34-5/h7-15H,6,16H2,1-5H3,(H2,28,32). The van der Waals surface area contributed by atoms with Crippen molar-refractivity contribution in [2.24, 2.45) is 12.8 Å². The molecular weight excluding hydrogens is 428 g/mol. The van der Waals surface area contributed by atoms with Gasteiger partial charge in [-0.2, -0.15) is 0 Å². The van der Waals surface area contributed by atoms with E-state index in [1.165, 1.54) is 0 Å². The van der Waals surface area contributed by atoms with Crippen LogP contribution in [0.5, 0.6) is 5.75 Å². The normalized spacial score (nSPS) is 11.1. The Bertz CT molecular complexity index is 1420. The number of hydrogen-bond donors (Lipinski definition) is 1. The highest BCUT2D eigenvalue weighted by Gasteiger charge is 2.29. The van der Waals surface area contributed by atoms with E-state index < -0.39 is 5.91 Å². The Hall–Kier alpha value is -4.00. The molecule has 0 aliphatic carbocycles. The summed E-state index contributed by atoms with van der Waals surface area (Å²) in [5, 5.41) is 0. The number of primary amides is 1. The molecule has 34 heavy (non-hydrogen) atoms. The van der Waals surface area contributed by atoms with Gasteiger partial charge < -0.3 is 15.0 Å². The highest BCUT2D eigenvalue weighted by atomic mass is 16.5. The van der Waals surface area contributed by atoms with Crippen LogP contribution in [-0.4, -0.2) is 26.9 Å². The molecule has 0 radical (unpaired) electrons. The maximum atomic E-state index is 13.8. The van der Waals surface area contributed by atoms with Crippen molar-refractivity contribution < 1.29 is 9.53 Å². The molecule has 7 nitrogen and oxygen atoms in total. The molecule has 0 spiro atoms. The fourth-order valence-electron chi connectivity index (χ4n) is 4.81. The summed E-state index contributed by atoms with van der Waals surface area (Å²) in [6.45, 7) is 6.30. The summed E-state index contributed by atoms with van der Waals surface area (Å²) >= 11 is 0. The van der Waals surface area contributed by atoms with E-state index in [4.69, 9.17) is 10.5 Å². The van der Waals surface area contributed by atoms with E-state index in [9.17, 15) is 9.59 Å². The molecule has 2 heterocycles. The molecule has 4 rings (SSSR count). The molecule has 0 saturated heterocycles. The minimum Gasteiger partial charge on any atom is -0.496 e. The first-order chi connectivity index (χ1) is 16.3. The Labute approximate surface area is 199 Å². The third kappa shape index (κ3) is 3.63. The SMILES string of the molecule is CCc1c(-c2c(C)n(C)n(-c3ccccc3)c2=O)c(C(N)=O)c(C)n1Cc1ccccc1OC. The third-order valence-corrected chi connectivity index (χ3v) is 6.54. The number of benzene rings is 2. The minimum atomic E-state index is -0.546. The van der Waals surface area contributed by atoms with Gasteiger partial charge in [0.05, 0.1) is 30.5 Å². The van der Waals surface area contributed by atoms with E-state index in [1.54, 1.807) is 11.8 Å². The molecule has 4 aromatic rings. The van der Waals surface area contributed by atoms with E-state index in [0.717, 1.165) is 34.1 Å². The number of para-hydroxylation sites is 2. The van der Waals surface area contributed by atoms with Crippen molar-refractivity contribution >= 4 is 5.91 Å². The van der Waals surface area contributed by atoms with Crippen molar-refractivity contribution in [2.75, 3.05) is 7.11 Å². The highest BCUT2D eigenvalue weighted by molar-refractivity contribution is 6.02. The molecule has 0 atom stereocenters. The molecule has 2 aromatic carbocycles. The number of aromatic nitrogens is 3. The molecule has 0 saturated carbocycles. The van der Waals surface area contributed by atoms with Gasteiger partial charge >= 0.3 is 0 Å². The quantitative estimate of drug-likeness (QED) is 0.455. The zero-order valence-corrected chi connectivity index (χ0v) is 20.3. The van der Waals surface area contributed by atoms with E-state index in [0.29, 0.717) is 29.7 Å². The van der Waals surface area contributed by atoms with E-state index in [2.05, 4.69) is 4.57 Å². The van der Waals surface area contributed by atoms with E-state index >= 15 is 0 Å². The Morgan fingerprint density at radius 2 is 1.62 bits per heavy atom. The van der Waals surface area contributed by atoms with Crippen molar-refractivity contribution in [1.82, 2.24) is 13.9 Å². The molecule has 0 fully saturated rings. The molecule has 7 heteroatoms. The van der Waals surface area contributed by atoms with Gasteiger partial charge in [0, 0.05) is 35.3 Å². The summed E-state index contributed by atoms with van der Waals surface area (Å²) < 4.78 is 11.1. The van der Waals surface area contributed by atoms with E-state index in [1.807, 2.05) is 87.1 Å². The number of methoxy groups -OCH3 is 1. The lowest BCUT2D eigenvalue weighted by Crippen LogP contribution is -2.20. The Morgan fingerprint density at radius 3 is 2.24 bits per heavy atom. The number of hydrogen-bond acceptors (Lipinski definition) is 3. The monoisotopic (exact) mass is 458 g/mol. The average Bonchev–Trinajstić information content (AvgIpc) is 3.23. The van der Waals surface area contributed by atoms with Crippen LogP contribution in [0.4, 0.5) is 0 Å². The molecule has 0 aliphatic heterocycles. The van der Waals surface area contributed by atoms with Gasteiger partial charge in [0.25, 0.3) is 11.5 Å². The van der Waals surface area contributed by atoms with Gasteiger partial charge in [-0.3, -0.25) is 14.3 Å². The predicted molar refractivity (Wildman–Crippen MR) is 134 cm³/mol. The second-order valence-corrected chi connectivity index (χ2v) is 8.33. The molecule has 176 valence electrons. The molecular formula is C27H30N4O3. The van der Waals surface area contributed by atoms with Crippen molar-refractivity contribution in [3.05, 3.63) is 93.2 Å². The number of nitrogens with zero attached hydrogens (tertiary/aromatic N) is 3. The molecule has 2 N–H and O–H groups in total. The molecule has 0 aliphatic rings. The largest absolute Gasteiger partial charge is 0.496 e. The van der Waals surface area contributed by atoms with Crippen molar-refractivity contribution in [3.63, 3.8) is 0 Å². The number of ether oxygens (including phenoxy) is 1. The van der Waals surface area contributed by atoms with Crippen molar-refractivity contribution in [1.29, 1.82) is 0 Å². The van der Waals surface area contributed by atoms with Gasteiger partial charge in [0.15, 0.2) is 0 Å². The zero-order chi connectivity index (χ0) is 24.6. The van der Waals surface area contributed by atoms with Crippen LogP contribution >= 0.6 is 0 Å². The maximum absolute atomic E-state index is 13.8. The second kappa shape index (κ2) is 9.09. The van der Waals surface area contributed by atoms with Crippen LogP contribution in [0.1, 0.15) is 39.9 Å². The summed E-state index contributed by atoms with van der Waals surface area (Å²) in [5.41, 5.74) is 11.4.